The van der Waals surface area contributed by atoms with E-state index in [-0.39, 0.29) is 18.8 Å². The number of H-pyrrole nitrogens is 1. The van der Waals surface area contributed by atoms with Crippen molar-refractivity contribution >= 4 is 28.7 Å². The number of alkyl carbamates (subject to hydrolysis) is 1. The number of nitrogens with one attached hydrogen (secondary N) is 2. The van der Waals surface area contributed by atoms with Gasteiger partial charge in [-0.25, -0.2) is 9.59 Å². The summed E-state index contributed by atoms with van der Waals surface area (Å²) in [6.07, 6.45) is 2.08. The van der Waals surface area contributed by atoms with Crippen LogP contribution in [-0.2, 0) is 33.7 Å². The van der Waals surface area contributed by atoms with Gasteiger partial charge in [0.1, 0.15) is 12.6 Å². The van der Waals surface area contributed by atoms with Crippen LogP contribution in [0.2, 0.25) is 0 Å². The second-order valence-corrected chi connectivity index (χ2v) is 8.40. The minimum atomic E-state index is -1.04. The maximum absolute atomic E-state index is 13.0. The molecule has 0 fully saturated rings. The Bertz CT molecular complexity index is 1330. The minimum absolute atomic E-state index is 0.0633. The number of carbonyl (C=O) groups excluding carboxylic acids is 3. The molecule has 0 spiro atoms. The minimum Gasteiger partial charge on any atom is -0.456 e. The number of aromatic amines is 1. The van der Waals surface area contributed by atoms with Crippen molar-refractivity contribution in [3.63, 3.8) is 0 Å². The van der Waals surface area contributed by atoms with Crippen LogP contribution in [0, 0.1) is 0 Å². The molecule has 1 atom stereocenters. The molecule has 0 saturated heterocycles. The van der Waals surface area contributed by atoms with Crippen LogP contribution >= 0.6 is 0 Å². The zero-order valence-electron chi connectivity index (χ0n) is 20.0. The number of Topliss-reactive ketones (excluding diaryl/α,β-unsaturated/α-hetero) is 1. The van der Waals surface area contributed by atoms with E-state index in [1.807, 2.05) is 73.7 Å². The molecule has 0 aliphatic heterocycles. The van der Waals surface area contributed by atoms with Gasteiger partial charge in [0.05, 0.1) is 0 Å². The first-order valence-corrected chi connectivity index (χ1v) is 11.8. The number of carbonyl (C=O) groups is 3. The first-order chi connectivity index (χ1) is 17.5. The molecule has 0 saturated carbocycles. The number of esters is 1. The lowest BCUT2D eigenvalue weighted by Crippen LogP contribution is -2.44. The molecule has 1 heterocycles. The Kier molecular flexibility index (Phi) is 8.13. The number of rotatable bonds is 10. The Morgan fingerprint density at radius 2 is 1.58 bits per heavy atom. The highest BCUT2D eigenvalue weighted by atomic mass is 16.6. The van der Waals surface area contributed by atoms with Crippen molar-refractivity contribution in [2.24, 2.45) is 0 Å². The molecule has 1 aromatic heterocycles. The molecule has 0 unspecified atom stereocenters. The second-order valence-electron chi connectivity index (χ2n) is 8.40. The van der Waals surface area contributed by atoms with Gasteiger partial charge in [0.25, 0.3) is 0 Å². The van der Waals surface area contributed by atoms with Crippen molar-refractivity contribution in [1.29, 1.82) is 0 Å². The van der Waals surface area contributed by atoms with Gasteiger partial charge >= 0.3 is 12.1 Å². The zero-order chi connectivity index (χ0) is 25.3. The summed E-state index contributed by atoms with van der Waals surface area (Å²) in [5.74, 6) is -1.03. The zero-order valence-corrected chi connectivity index (χ0v) is 20.0. The normalized spacial score (nSPS) is 11.6. The van der Waals surface area contributed by atoms with E-state index < -0.39 is 24.7 Å². The standard InChI is InChI=1S/C29H28N2O5/c1-2-20-12-14-22(15-13-20)27(32)19-35-28(33)26(16-23-17-30-25-11-7-6-10-24(23)25)31-29(34)36-18-21-8-4-3-5-9-21/h3-15,17,26,30H,2,16,18-19H2,1H3,(H,31,34)/t26-/m0/s1. The number of hydrogen-bond acceptors (Lipinski definition) is 5. The van der Waals surface area contributed by atoms with Gasteiger partial charge in [-0.1, -0.05) is 79.7 Å². The maximum atomic E-state index is 13.0. The fourth-order valence-corrected chi connectivity index (χ4v) is 3.87. The molecular weight excluding hydrogens is 456 g/mol. The molecule has 0 bridgehead atoms. The second kappa shape index (κ2) is 11.8. The van der Waals surface area contributed by atoms with Crippen molar-refractivity contribution < 1.29 is 23.9 Å². The first kappa shape index (κ1) is 24.7. The number of ketones is 1. The summed E-state index contributed by atoms with van der Waals surface area (Å²) < 4.78 is 10.6. The van der Waals surface area contributed by atoms with Gasteiger partial charge in [0, 0.05) is 29.1 Å². The van der Waals surface area contributed by atoms with Crippen LogP contribution in [-0.4, -0.2) is 35.5 Å². The molecular formula is C29H28N2O5. The summed E-state index contributed by atoms with van der Waals surface area (Å²) in [4.78, 5) is 41.2. The largest absolute Gasteiger partial charge is 0.456 e. The van der Waals surface area contributed by atoms with Crippen LogP contribution < -0.4 is 5.32 Å². The summed E-state index contributed by atoms with van der Waals surface area (Å²) in [5.41, 5.74) is 4.14. The van der Waals surface area contributed by atoms with E-state index in [1.165, 1.54) is 0 Å². The third-order valence-electron chi connectivity index (χ3n) is 5.92. The van der Waals surface area contributed by atoms with E-state index >= 15 is 0 Å². The lowest BCUT2D eigenvalue weighted by molar-refractivity contribution is -0.144. The smallest absolute Gasteiger partial charge is 0.408 e. The fourth-order valence-electron chi connectivity index (χ4n) is 3.87. The maximum Gasteiger partial charge on any atom is 0.408 e. The number of para-hydroxylation sites is 1. The topological polar surface area (TPSA) is 97.5 Å². The Morgan fingerprint density at radius 1 is 0.861 bits per heavy atom. The van der Waals surface area contributed by atoms with Gasteiger partial charge in [-0.05, 0) is 29.2 Å². The third-order valence-corrected chi connectivity index (χ3v) is 5.92. The molecule has 184 valence electrons. The number of benzene rings is 3. The summed E-state index contributed by atoms with van der Waals surface area (Å²) in [7, 11) is 0. The highest BCUT2D eigenvalue weighted by Crippen LogP contribution is 2.19. The Morgan fingerprint density at radius 3 is 2.33 bits per heavy atom. The number of fused-ring (bicyclic) bond motifs is 1. The molecule has 7 nitrogen and oxygen atoms in total. The van der Waals surface area contributed by atoms with Gasteiger partial charge in [0.2, 0.25) is 0 Å². The lowest BCUT2D eigenvalue weighted by atomic mass is 10.0. The van der Waals surface area contributed by atoms with Crippen LogP contribution in [0.5, 0.6) is 0 Å². The van der Waals surface area contributed by atoms with Crippen LogP contribution in [0.1, 0.15) is 34.0 Å². The van der Waals surface area contributed by atoms with E-state index in [0.29, 0.717) is 5.56 Å². The van der Waals surface area contributed by atoms with Crippen LogP contribution in [0.15, 0.2) is 85.1 Å². The predicted molar refractivity (Wildman–Crippen MR) is 137 cm³/mol. The van der Waals surface area contributed by atoms with Crippen molar-refractivity contribution in [2.45, 2.75) is 32.4 Å². The first-order valence-electron chi connectivity index (χ1n) is 11.8. The average molecular weight is 485 g/mol. The van der Waals surface area contributed by atoms with Crippen LogP contribution in [0.4, 0.5) is 4.79 Å². The van der Waals surface area contributed by atoms with Crippen molar-refractivity contribution in [3.8, 4) is 0 Å². The molecule has 3 aromatic carbocycles. The van der Waals surface area contributed by atoms with E-state index in [2.05, 4.69) is 10.3 Å². The predicted octanol–water partition coefficient (Wildman–Crippen LogP) is 4.99. The molecule has 0 aliphatic carbocycles. The molecule has 1 amide bonds. The van der Waals surface area contributed by atoms with Gasteiger partial charge in [-0.15, -0.1) is 0 Å². The average Bonchev–Trinajstić information content (AvgIpc) is 3.33. The number of ether oxygens (including phenoxy) is 2. The van der Waals surface area contributed by atoms with E-state index in [1.54, 1.807) is 18.3 Å². The number of hydrogen-bond donors (Lipinski definition) is 2. The summed E-state index contributed by atoms with van der Waals surface area (Å²) in [5, 5.41) is 3.54. The van der Waals surface area contributed by atoms with Gasteiger partial charge < -0.3 is 19.8 Å². The van der Waals surface area contributed by atoms with Crippen molar-refractivity contribution in [2.75, 3.05) is 6.61 Å². The Labute approximate surface area is 209 Å². The molecule has 2 N–H and O–H groups in total. The highest BCUT2D eigenvalue weighted by Gasteiger charge is 2.25. The van der Waals surface area contributed by atoms with Crippen LogP contribution in [0.25, 0.3) is 10.9 Å². The number of aryl methyl sites for hydroxylation is 1. The van der Waals surface area contributed by atoms with Gasteiger partial charge in [0.15, 0.2) is 12.4 Å². The fraction of sp³-hybridized carbons (Fsp3) is 0.207. The van der Waals surface area contributed by atoms with Crippen LogP contribution in [0.3, 0.4) is 0 Å². The van der Waals surface area contributed by atoms with Crippen molar-refractivity contribution in [1.82, 2.24) is 10.3 Å². The third kappa shape index (κ3) is 6.39. The lowest BCUT2D eigenvalue weighted by Gasteiger charge is -2.17. The van der Waals surface area contributed by atoms with E-state index in [0.717, 1.165) is 34.0 Å². The Hall–Kier alpha value is -4.39. The highest BCUT2D eigenvalue weighted by molar-refractivity contribution is 5.98. The Balaban J connectivity index is 1.43. The number of aromatic nitrogens is 1. The molecule has 7 heteroatoms. The number of amides is 1. The van der Waals surface area contributed by atoms with Gasteiger partial charge in [-0.2, -0.15) is 0 Å². The molecule has 36 heavy (non-hydrogen) atoms. The quantitative estimate of drug-likeness (QED) is 0.244. The van der Waals surface area contributed by atoms with E-state index in [4.69, 9.17) is 9.47 Å². The molecule has 4 aromatic rings. The monoisotopic (exact) mass is 484 g/mol. The SMILES string of the molecule is CCc1ccc(C(=O)COC(=O)[C@H](Cc2c[nH]c3ccccc23)NC(=O)OCc2ccccc2)cc1. The molecule has 4 rings (SSSR count). The molecule has 0 aliphatic rings. The summed E-state index contributed by atoms with van der Waals surface area (Å²) in [6.45, 7) is 1.67. The summed E-state index contributed by atoms with van der Waals surface area (Å²) in [6, 6.07) is 23.1. The summed E-state index contributed by atoms with van der Waals surface area (Å²) >= 11 is 0. The van der Waals surface area contributed by atoms with Crippen molar-refractivity contribution in [3.05, 3.63) is 107 Å². The molecule has 0 radical (unpaired) electrons. The van der Waals surface area contributed by atoms with Gasteiger partial charge in [-0.3, -0.25) is 4.79 Å². The van der Waals surface area contributed by atoms with E-state index in [9.17, 15) is 14.4 Å².